The summed E-state index contributed by atoms with van der Waals surface area (Å²) in [6.45, 7) is 0.841. The molecule has 0 aliphatic carbocycles. The summed E-state index contributed by atoms with van der Waals surface area (Å²) in [5.41, 5.74) is 11.8. The van der Waals surface area contributed by atoms with Gasteiger partial charge >= 0.3 is 6.36 Å². The van der Waals surface area contributed by atoms with E-state index in [-0.39, 0.29) is 23.4 Å². The molecule has 1 aliphatic rings. The Hall–Kier alpha value is -2.50. The van der Waals surface area contributed by atoms with Crippen LogP contribution in [-0.4, -0.2) is 56.2 Å². The number of nitrogens with two attached hydrogens (primary N) is 2. The van der Waals surface area contributed by atoms with E-state index in [1.54, 1.807) is 4.90 Å². The first-order valence-corrected chi connectivity index (χ1v) is 9.87. The second-order valence-electron chi connectivity index (χ2n) is 6.00. The number of rotatable bonds is 3. The molecule has 0 unspecified atom stereocenters. The fourth-order valence-corrected chi connectivity index (χ4v) is 3.65. The third-order valence-electron chi connectivity index (χ3n) is 3.91. The number of hydrogen-bond acceptors (Lipinski definition) is 4. The van der Waals surface area contributed by atoms with Crippen LogP contribution < -0.4 is 16.2 Å². The molecule has 8 nitrogen and oxygen atoms in total. The molecule has 150 valence electrons. The highest BCUT2D eigenvalue weighted by Crippen LogP contribution is 2.25. The van der Waals surface area contributed by atoms with Crippen LogP contribution in [0.1, 0.15) is 12.8 Å². The molecule has 1 fully saturated rings. The van der Waals surface area contributed by atoms with Gasteiger partial charge in [-0.25, -0.2) is 13.4 Å². The first-order chi connectivity index (χ1) is 12.4. The van der Waals surface area contributed by atoms with Crippen molar-refractivity contribution in [3.8, 4) is 5.75 Å². The number of benzene rings is 1. The van der Waals surface area contributed by atoms with Gasteiger partial charge in [0.25, 0.3) is 0 Å². The Morgan fingerprint density at radius 1 is 1.19 bits per heavy atom. The van der Waals surface area contributed by atoms with Crippen LogP contribution in [0.25, 0.3) is 0 Å². The maximum atomic E-state index is 12.1. The molecule has 0 aromatic heterocycles. The van der Waals surface area contributed by atoms with Crippen molar-refractivity contribution >= 4 is 27.4 Å². The standard InChI is InChI=1S/C15H20F3N5O3S/c1-27(24,25)12-6-8-23(9-7-12)14(20)22-13(19)21-10-2-4-11(5-3-10)26-15(16,17)18/h2-5,12H,6-9H2,1H3,(H4,19,20,21,22). The van der Waals surface area contributed by atoms with Gasteiger partial charge in [-0.3, -0.25) is 0 Å². The molecule has 1 saturated heterocycles. The van der Waals surface area contributed by atoms with Gasteiger partial charge in [0, 0.05) is 19.3 Å². The van der Waals surface area contributed by atoms with E-state index in [0.717, 1.165) is 12.1 Å². The molecule has 4 N–H and O–H groups in total. The second-order valence-corrected chi connectivity index (χ2v) is 8.32. The number of halogens is 3. The van der Waals surface area contributed by atoms with Gasteiger partial charge in [-0.1, -0.05) is 0 Å². The Morgan fingerprint density at radius 3 is 2.22 bits per heavy atom. The van der Waals surface area contributed by atoms with E-state index < -0.39 is 21.4 Å². The van der Waals surface area contributed by atoms with Gasteiger partial charge in [0.1, 0.15) is 15.6 Å². The Balaban J connectivity index is 1.99. The summed E-state index contributed by atoms with van der Waals surface area (Å²) in [5, 5.41) is -0.398. The summed E-state index contributed by atoms with van der Waals surface area (Å²) in [6.07, 6.45) is -2.69. The third kappa shape index (κ3) is 6.62. The molecular weight excluding hydrogens is 387 g/mol. The molecule has 1 aromatic carbocycles. The molecule has 1 heterocycles. The van der Waals surface area contributed by atoms with Crippen molar-refractivity contribution in [2.24, 2.45) is 21.5 Å². The minimum absolute atomic E-state index is 0.0974. The van der Waals surface area contributed by atoms with Crippen LogP contribution in [0.2, 0.25) is 0 Å². The first-order valence-electron chi connectivity index (χ1n) is 7.92. The van der Waals surface area contributed by atoms with Crippen molar-refractivity contribution in [2.45, 2.75) is 24.5 Å². The summed E-state index contributed by atoms with van der Waals surface area (Å²) in [6, 6.07) is 4.78. The predicted octanol–water partition coefficient (Wildman–Crippen LogP) is 1.36. The Morgan fingerprint density at radius 2 is 1.74 bits per heavy atom. The zero-order valence-corrected chi connectivity index (χ0v) is 15.3. The number of ether oxygens (including phenoxy) is 1. The minimum atomic E-state index is -4.77. The van der Waals surface area contributed by atoms with Crippen molar-refractivity contribution < 1.29 is 26.3 Å². The summed E-state index contributed by atoms with van der Waals surface area (Å²) in [5.74, 6) is -0.459. The Bertz CT molecular complexity index is 814. The summed E-state index contributed by atoms with van der Waals surface area (Å²) < 4.78 is 63.2. The van der Waals surface area contributed by atoms with Crippen LogP contribution in [0.4, 0.5) is 18.9 Å². The smallest absolute Gasteiger partial charge is 0.406 e. The highest BCUT2D eigenvalue weighted by atomic mass is 32.2. The number of sulfone groups is 1. The highest BCUT2D eigenvalue weighted by molar-refractivity contribution is 7.91. The molecule has 27 heavy (non-hydrogen) atoms. The molecule has 2 rings (SSSR count). The van der Waals surface area contributed by atoms with E-state index in [9.17, 15) is 21.6 Å². The molecule has 12 heteroatoms. The van der Waals surface area contributed by atoms with Crippen LogP contribution in [0.5, 0.6) is 5.75 Å². The molecule has 0 spiro atoms. The monoisotopic (exact) mass is 407 g/mol. The number of piperidine rings is 1. The SMILES string of the molecule is CS(=O)(=O)C1CCN(/C(N)=N/C(N)=Nc2ccc(OC(F)(F)F)cc2)CC1. The van der Waals surface area contributed by atoms with Crippen molar-refractivity contribution in [1.82, 2.24) is 4.90 Å². The number of nitrogens with zero attached hydrogens (tertiary/aromatic N) is 3. The quantitative estimate of drug-likeness (QED) is 0.576. The van der Waals surface area contributed by atoms with E-state index in [0.29, 0.717) is 25.9 Å². The van der Waals surface area contributed by atoms with E-state index in [4.69, 9.17) is 11.5 Å². The average Bonchev–Trinajstić information content (AvgIpc) is 2.54. The van der Waals surface area contributed by atoms with Crippen LogP contribution >= 0.6 is 0 Å². The van der Waals surface area contributed by atoms with Crippen molar-refractivity contribution in [1.29, 1.82) is 0 Å². The minimum Gasteiger partial charge on any atom is -0.406 e. The fourth-order valence-electron chi connectivity index (χ4n) is 2.58. The summed E-state index contributed by atoms with van der Waals surface area (Å²) in [4.78, 5) is 9.60. The molecule has 0 amide bonds. The normalized spacial score (nSPS) is 17.9. The van der Waals surface area contributed by atoms with E-state index in [1.165, 1.54) is 18.4 Å². The lowest BCUT2D eigenvalue weighted by Gasteiger charge is -2.31. The lowest BCUT2D eigenvalue weighted by atomic mass is 10.1. The predicted molar refractivity (Wildman–Crippen MR) is 95.5 cm³/mol. The molecule has 0 bridgehead atoms. The van der Waals surface area contributed by atoms with Gasteiger partial charge in [-0.05, 0) is 37.1 Å². The van der Waals surface area contributed by atoms with Crippen molar-refractivity contribution in [3.63, 3.8) is 0 Å². The zero-order valence-electron chi connectivity index (χ0n) is 14.5. The zero-order chi connectivity index (χ0) is 20.2. The number of hydrogen-bond donors (Lipinski definition) is 2. The largest absolute Gasteiger partial charge is 0.573 e. The first kappa shape index (κ1) is 20.8. The van der Waals surface area contributed by atoms with Crippen LogP contribution in [-0.2, 0) is 9.84 Å². The fraction of sp³-hybridized carbons (Fsp3) is 0.467. The third-order valence-corrected chi connectivity index (χ3v) is 5.60. The lowest BCUT2D eigenvalue weighted by molar-refractivity contribution is -0.274. The molecule has 1 aromatic rings. The highest BCUT2D eigenvalue weighted by Gasteiger charge is 2.31. The molecule has 0 saturated carbocycles. The van der Waals surface area contributed by atoms with E-state index in [1.807, 2.05) is 0 Å². The molecule has 1 aliphatic heterocycles. The number of aliphatic imine (C=N–C) groups is 2. The lowest BCUT2D eigenvalue weighted by Crippen LogP contribution is -2.46. The van der Waals surface area contributed by atoms with Gasteiger partial charge in [-0.2, -0.15) is 4.99 Å². The summed E-state index contributed by atoms with van der Waals surface area (Å²) in [7, 11) is -3.09. The molecular formula is C15H20F3N5O3S. The van der Waals surface area contributed by atoms with Crippen LogP contribution in [0.3, 0.4) is 0 Å². The Labute approximate surface area is 154 Å². The summed E-state index contributed by atoms with van der Waals surface area (Å²) >= 11 is 0. The second kappa shape index (κ2) is 8.03. The number of likely N-dealkylation sites (tertiary alicyclic amines) is 1. The average molecular weight is 407 g/mol. The topological polar surface area (TPSA) is 123 Å². The van der Waals surface area contributed by atoms with Crippen molar-refractivity contribution in [3.05, 3.63) is 24.3 Å². The molecule has 0 radical (unpaired) electrons. The van der Waals surface area contributed by atoms with E-state index in [2.05, 4.69) is 14.7 Å². The van der Waals surface area contributed by atoms with Gasteiger partial charge < -0.3 is 21.1 Å². The number of alkyl halides is 3. The Kier molecular flexibility index (Phi) is 6.19. The van der Waals surface area contributed by atoms with Crippen LogP contribution in [0, 0.1) is 0 Å². The van der Waals surface area contributed by atoms with Gasteiger partial charge in [-0.15, -0.1) is 13.2 Å². The van der Waals surface area contributed by atoms with Crippen molar-refractivity contribution in [2.75, 3.05) is 19.3 Å². The van der Waals surface area contributed by atoms with E-state index >= 15 is 0 Å². The maximum absolute atomic E-state index is 12.1. The maximum Gasteiger partial charge on any atom is 0.573 e. The van der Waals surface area contributed by atoms with Crippen LogP contribution in [0.15, 0.2) is 34.3 Å². The molecule has 0 atom stereocenters. The van der Waals surface area contributed by atoms with Gasteiger partial charge in [0.05, 0.1) is 10.9 Å². The van der Waals surface area contributed by atoms with Gasteiger partial charge in [0.15, 0.2) is 5.96 Å². The number of guanidine groups is 2. The van der Waals surface area contributed by atoms with Gasteiger partial charge in [0.2, 0.25) is 5.96 Å².